The first-order valence-corrected chi connectivity index (χ1v) is 11.9. The minimum absolute atomic E-state index is 0.260. The average Bonchev–Trinajstić information content (AvgIpc) is 3.08. The molecule has 0 radical (unpaired) electrons. The third-order valence-electron chi connectivity index (χ3n) is 6.27. The molecule has 0 aromatic carbocycles. The summed E-state index contributed by atoms with van der Waals surface area (Å²) < 4.78 is 0.930. The normalized spacial score (nSPS) is 22.3. The van der Waals surface area contributed by atoms with Gasteiger partial charge in [-0.3, -0.25) is 4.48 Å². The smallest absolute Gasteiger partial charge is 0.186 e. The number of nitrogens with zero attached hydrogens (tertiary/aromatic N) is 2. The predicted molar refractivity (Wildman–Crippen MR) is 119 cm³/mol. The number of unbranched alkanes of at least 4 members (excludes halogenated alkanes) is 12. The van der Waals surface area contributed by atoms with Gasteiger partial charge in [-0.2, -0.15) is 0 Å². The van der Waals surface area contributed by atoms with Crippen LogP contribution < -0.4 is 0 Å². The van der Waals surface area contributed by atoms with E-state index in [1.54, 1.807) is 0 Å². The molecule has 2 atom stereocenters. The van der Waals surface area contributed by atoms with Crippen molar-refractivity contribution in [2.75, 3.05) is 26.2 Å². The fourth-order valence-electron chi connectivity index (χ4n) is 4.26. The quantitative estimate of drug-likeness (QED) is 0.170. The molecule has 158 valence electrons. The molecule has 0 fully saturated rings. The maximum atomic E-state index is 9.36. The van der Waals surface area contributed by atoms with Crippen molar-refractivity contribution in [3.05, 3.63) is 12.2 Å². The first-order chi connectivity index (χ1) is 13.3. The monoisotopic (exact) mass is 379 g/mol. The lowest BCUT2D eigenvalue weighted by molar-refractivity contribution is -0.935. The lowest BCUT2D eigenvalue weighted by Gasteiger charge is -2.37. The van der Waals surface area contributed by atoms with Gasteiger partial charge in [0.2, 0.25) is 0 Å². The van der Waals surface area contributed by atoms with Crippen molar-refractivity contribution in [3.63, 3.8) is 0 Å². The zero-order valence-electron chi connectivity index (χ0n) is 18.4. The minimum atomic E-state index is 0.260. The van der Waals surface area contributed by atoms with Gasteiger partial charge in [0.15, 0.2) is 6.17 Å². The van der Waals surface area contributed by atoms with E-state index in [0.717, 1.165) is 30.5 Å². The van der Waals surface area contributed by atoms with Crippen LogP contribution >= 0.6 is 0 Å². The second kappa shape index (κ2) is 16.3. The largest absolute Gasteiger partial charge is 0.391 e. The maximum Gasteiger partial charge on any atom is 0.186 e. The number of hydrogen-bond donors (Lipinski definition) is 1. The molecule has 0 saturated carbocycles. The van der Waals surface area contributed by atoms with Crippen molar-refractivity contribution in [2.24, 2.45) is 4.99 Å². The van der Waals surface area contributed by atoms with E-state index < -0.39 is 0 Å². The fourth-order valence-corrected chi connectivity index (χ4v) is 4.26. The molecule has 0 spiro atoms. The molecule has 1 heterocycles. The van der Waals surface area contributed by atoms with Crippen LogP contribution in [0.3, 0.4) is 0 Å². The molecule has 1 N–H and O–H groups in total. The summed E-state index contributed by atoms with van der Waals surface area (Å²) in [6.45, 7) is 7.62. The van der Waals surface area contributed by atoms with Crippen LogP contribution in [0.2, 0.25) is 0 Å². The van der Waals surface area contributed by atoms with Gasteiger partial charge in [0.25, 0.3) is 0 Å². The molecule has 0 bridgehead atoms. The van der Waals surface area contributed by atoms with Crippen LogP contribution in [0.4, 0.5) is 0 Å². The van der Waals surface area contributed by atoms with E-state index in [0.29, 0.717) is 6.17 Å². The summed E-state index contributed by atoms with van der Waals surface area (Å²) >= 11 is 0. The summed E-state index contributed by atoms with van der Waals surface area (Å²) in [6.07, 6.45) is 26.3. The van der Waals surface area contributed by atoms with E-state index in [4.69, 9.17) is 0 Å². The molecular weight excluding hydrogens is 332 g/mol. The first-order valence-electron chi connectivity index (χ1n) is 11.9. The van der Waals surface area contributed by atoms with Crippen LogP contribution in [0.15, 0.2) is 17.1 Å². The Hall–Kier alpha value is -0.670. The second-order valence-electron chi connectivity index (χ2n) is 8.36. The first kappa shape index (κ1) is 24.4. The van der Waals surface area contributed by atoms with Gasteiger partial charge >= 0.3 is 0 Å². The molecule has 0 saturated heterocycles. The van der Waals surface area contributed by atoms with Crippen LogP contribution in [-0.2, 0) is 0 Å². The molecule has 3 nitrogen and oxygen atoms in total. The van der Waals surface area contributed by atoms with Crippen LogP contribution in [0.5, 0.6) is 0 Å². The highest BCUT2D eigenvalue weighted by Crippen LogP contribution is 2.22. The van der Waals surface area contributed by atoms with Gasteiger partial charge in [0.1, 0.15) is 13.1 Å². The maximum absolute atomic E-state index is 9.36. The lowest BCUT2D eigenvalue weighted by atomic mass is 10.0. The van der Waals surface area contributed by atoms with Crippen LogP contribution in [0, 0.1) is 0 Å². The summed E-state index contributed by atoms with van der Waals surface area (Å²) in [6, 6.07) is 0. The van der Waals surface area contributed by atoms with Crippen molar-refractivity contribution < 1.29 is 9.59 Å². The standard InChI is InChI=1S/C24H47N2O/c1-3-5-6-7-8-9-10-11-12-13-14-15-16-17-18-19-24-25-20-21-26(24,4-2)22-23-27/h17-18,20,24,27H,3-16,19,21-23H2,1-2H3/q+1/b18-17+. The number of allylic oxidation sites excluding steroid dienone is 1. The SMILES string of the molecule is CCCCCCCCCCCCCC/C=C/CC1N=CC[N+]1(CC)CCO. The topological polar surface area (TPSA) is 32.6 Å². The van der Waals surface area contributed by atoms with Crippen molar-refractivity contribution in [2.45, 2.75) is 110 Å². The van der Waals surface area contributed by atoms with Crippen molar-refractivity contribution >= 4 is 6.21 Å². The average molecular weight is 380 g/mol. The van der Waals surface area contributed by atoms with Crippen molar-refractivity contribution in [1.29, 1.82) is 0 Å². The Kier molecular flexibility index (Phi) is 14.7. The minimum Gasteiger partial charge on any atom is -0.391 e. The van der Waals surface area contributed by atoms with Gasteiger partial charge in [0.05, 0.1) is 19.4 Å². The summed E-state index contributed by atoms with van der Waals surface area (Å²) in [5, 5.41) is 9.36. The molecule has 0 aromatic heterocycles. The number of rotatable bonds is 18. The summed E-state index contributed by atoms with van der Waals surface area (Å²) in [5.41, 5.74) is 0. The zero-order valence-corrected chi connectivity index (χ0v) is 18.4. The van der Waals surface area contributed by atoms with E-state index in [9.17, 15) is 5.11 Å². The van der Waals surface area contributed by atoms with Crippen molar-refractivity contribution in [1.82, 2.24) is 0 Å². The number of quaternary nitrogens is 1. The highest BCUT2D eigenvalue weighted by molar-refractivity contribution is 5.60. The Morgan fingerprint density at radius 3 is 2.04 bits per heavy atom. The van der Waals surface area contributed by atoms with E-state index >= 15 is 0 Å². The van der Waals surface area contributed by atoms with E-state index in [1.165, 1.54) is 83.5 Å². The molecule has 0 aromatic rings. The zero-order chi connectivity index (χ0) is 19.6. The third-order valence-corrected chi connectivity index (χ3v) is 6.27. The molecule has 1 aliphatic rings. The third kappa shape index (κ3) is 10.4. The molecule has 2 unspecified atom stereocenters. The van der Waals surface area contributed by atoms with Gasteiger partial charge in [0, 0.05) is 6.42 Å². The Bertz CT molecular complexity index is 394. The van der Waals surface area contributed by atoms with Gasteiger partial charge in [-0.1, -0.05) is 89.7 Å². The van der Waals surface area contributed by atoms with Gasteiger partial charge in [-0.15, -0.1) is 0 Å². The Morgan fingerprint density at radius 1 is 0.889 bits per heavy atom. The van der Waals surface area contributed by atoms with E-state index in [2.05, 4.69) is 37.2 Å². The highest BCUT2D eigenvalue weighted by atomic mass is 16.3. The summed E-state index contributed by atoms with van der Waals surface area (Å²) in [5.74, 6) is 0. The van der Waals surface area contributed by atoms with Crippen LogP contribution in [0.1, 0.15) is 104 Å². The summed E-state index contributed by atoms with van der Waals surface area (Å²) in [7, 11) is 0. The predicted octanol–water partition coefficient (Wildman–Crippen LogP) is 6.26. The number of aliphatic imine (C=N–C) groups is 1. The molecule has 0 amide bonds. The Morgan fingerprint density at radius 2 is 1.48 bits per heavy atom. The lowest BCUT2D eigenvalue weighted by Crippen LogP contribution is -2.53. The number of likely N-dealkylation sites (N-methyl/N-ethyl adjacent to an activating group) is 1. The molecule has 3 heteroatoms. The second-order valence-corrected chi connectivity index (χ2v) is 8.36. The molecule has 27 heavy (non-hydrogen) atoms. The fraction of sp³-hybridized carbons (Fsp3) is 0.875. The highest BCUT2D eigenvalue weighted by Gasteiger charge is 2.36. The van der Waals surface area contributed by atoms with Gasteiger partial charge in [-0.05, 0) is 19.8 Å². The van der Waals surface area contributed by atoms with Crippen molar-refractivity contribution in [3.8, 4) is 0 Å². The molecule has 1 rings (SSSR count). The Labute approximate surface area is 169 Å². The van der Waals surface area contributed by atoms with E-state index in [-0.39, 0.29) is 6.61 Å². The van der Waals surface area contributed by atoms with Crippen LogP contribution in [0.25, 0.3) is 0 Å². The number of aliphatic hydroxyl groups excluding tert-OH is 1. The van der Waals surface area contributed by atoms with Gasteiger partial charge < -0.3 is 5.11 Å². The molecular formula is C24H47N2O+. The van der Waals surface area contributed by atoms with Crippen LogP contribution in [-0.4, -0.2) is 48.2 Å². The number of aliphatic hydroxyl groups is 1. The number of hydrogen-bond acceptors (Lipinski definition) is 2. The summed E-state index contributed by atoms with van der Waals surface area (Å²) in [4.78, 5) is 4.67. The molecule has 1 aliphatic heterocycles. The van der Waals surface area contributed by atoms with E-state index in [1.807, 2.05) is 0 Å². The Balaban J connectivity index is 1.94. The van der Waals surface area contributed by atoms with Gasteiger partial charge in [-0.25, -0.2) is 4.99 Å². The molecule has 0 aliphatic carbocycles.